The molecule has 1 aromatic carbocycles. The summed E-state index contributed by atoms with van der Waals surface area (Å²) in [5, 5.41) is 0. The number of rotatable bonds is 2. The van der Waals surface area contributed by atoms with Gasteiger partial charge in [0.25, 0.3) is 0 Å². The number of carbonyl (C=O) groups excluding carboxylic acids is 1. The van der Waals surface area contributed by atoms with Gasteiger partial charge in [-0.25, -0.2) is 4.79 Å². The standard InChI is InChI=1S/C10H10O2.C5H5N/c1-8(10(11)12-2)9-6-4-3-5-7-9;1-2-4-6-5-3-1/h3-7H,1H2,2H3;1-5H. The van der Waals surface area contributed by atoms with Crippen LogP contribution < -0.4 is 0 Å². The summed E-state index contributed by atoms with van der Waals surface area (Å²) >= 11 is 0. The van der Waals surface area contributed by atoms with Crippen LogP contribution >= 0.6 is 0 Å². The van der Waals surface area contributed by atoms with Gasteiger partial charge in [0.15, 0.2) is 0 Å². The molecule has 0 unspecified atom stereocenters. The van der Waals surface area contributed by atoms with Crippen molar-refractivity contribution in [3.8, 4) is 0 Å². The van der Waals surface area contributed by atoms with Crippen molar-refractivity contribution in [2.75, 3.05) is 7.11 Å². The topological polar surface area (TPSA) is 39.2 Å². The molecule has 2 aromatic rings. The first-order valence-electron chi connectivity index (χ1n) is 5.43. The normalized spacial score (nSPS) is 8.72. The molecule has 0 N–H and O–H groups in total. The zero-order valence-corrected chi connectivity index (χ0v) is 10.2. The number of benzene rings is 1. The number of methoxy groups -OCH3 is 1. The first-order chi connectivity index (χ1) is 8.75. The molecular weight excluding hydrogens is 226 g/mol. The summed E-state index contributed by atoms with van der Waals surface area (Å²) in [6.07, 6.45) is 3.50. The molecule has 0 bridgehead atoms. The first kappa shape index (κ1) is 13.6. The Morgan fingerprint density at radius 2 is 1.61 bits per heavy atom. The molecule has 3 heteroatoms. The van der Waals surface area contributed by atoms with Gasteiger partial charge in [-0.15, -0.1) is 0 Å². The van der Waals surface area contributed by atoms with Crippen LogP contribution in [0.5, 0.6) is 0 Å². The molecule has 0 aliphatic rings. The molecule has 3 nitrogen and oxygen atoms in total. The lowest BCUT2D eigenvalue weighted by Gasteiger charge is -2.01. The highest BCUT2D eigenvalue weighted by Crippen LogP contribution is 2.12. The van der Waals surface area contributed by atoms with Gasteiger partial charge in [0, 0.05) is 12.4 Å². The summed E-state index contributed by atoms with van der Waals surface area (Å²) in [7, 11) is 1.34. The number of ether oxygens (including phenoxy) is 1. The number of esters is 1. The minimum atomic E-state index is -0.388. The van der Waals surface area contributed by atoms with E-state index < -0.39 is 0 Å². The lowest BCUT2D eigenvalue weighted by Crippen LogP contribution is -2.01. The fraction of sp³-hybridized carbons (Fsp3) is 0.0667. The zero-order chi connectivity index (χ0) is 13.2. The van der Waals surface area contributed by atoms with E-state index in [9.17, 15) is 4.79 Å². The molecule has 2 rings (SSSR count). The van der Waals surface area contributed by atoms with Crippen LogP contribution in [0.2, 0.25) is 0 Å². The summed E-state index contributed by atoms with van der Waals surface area (Å²) < 4.78 is 4.53. The Hall–Kier alpha value is -2.42. The predicted octanol–water partition coefficient (Wildman–Crippen LogP) is 2.95. The molecule has 0 spiro atoms. The number of hydrogen-bond acceptors (Lipinski definition) is 3. The van der Waals surface area contributed by atoms with Crippen molar-refractivity contribution in [1.82, 2.24) is 4.98 Å². The Kier molecular flexibility index (Phi) is 5.90. The van der Waals surface area contributed by atoms with Crippen LogP contribution in [0.3, 0.4) is 0 Å². The van der Waals surface area contributed by atoms with Gasteiger partial charge in [-0.3, -0.25) is 4.98 Å². The van der Waals surface area contributed by atoms with E-state index in [2.05, 4.69) is 16.3 Å². The van der Waals surface area contributed by atoms with E-state index >= 15 is 0 Å². The van der Waals surface area contributed by atoms with Crippen LogP contribution in [-0.2, 0) is 9.53 Å². The Morgan fingerprint density at radius 1 is 1.06 bits per heavy atom. The monoisotopic (exact) mass is 241 g/mol. The molecule has 0 atom stereocenters. The van der Waals surface area contributed by atoms with Crippen molar-refractivity contribution in [1.29, 1.82) is 0 Å². The number of pyridine rings is 1. The molecule has 0 aliphatic heterocycles. The van der Waals surface area contributed by atoms with Crippen LogP contribution in [-0.4, -0.2) is 18.1 Å². The van der Waals surface area contributed by atoms with Gasteiger partial charge in [-0.1, -0.05) is 43.0 Å². The van der Waals surface area contributed by atoms with Gasteiger partial charge in [0.05, 0.1) is 12.7 Å². The number of hydrogen-bond donors (Lipinski definition) is 0. The number of nitrogens with zero attached hydrogens (tertiary/aromatic N) is 1. The van der Waals surface area contributed by atoms with Crippen LogP contribution in [0, 0.1) is 0 Å². The number of carbonyl (C=O) groups is 1. The van der Waals surface area contributed by atoms with Gasteiger partial charge in [0.1, 0.15) is 0 Å². The van der Waals surface area contributed by atoms with E-state index in [-0.39, 0.29) is 5.97 Å². The maximum absolute atomic E-state index is 11.0. The van der Waals surface area contributed by atoms with Crippen molar-refractivity contribution in [2.45, 2.75) is 0 Å². The highest BCUT2D eigenvalue weighted by Gasteiger charge is 2.07. The van der Waals surface area contributed by atoms with E-state index in [0.29, 0.717) is 5.57 Å². The Balaban J connectivity index is 0.000000225. The minimum absolute atomic E-state index is 0.387. The van der Waals surface area contributed by atoms with Crippen molar-refractivity contribution in [3.63, 3.8) is 0 Å². The van der Waals surface area contributed by atoms with Crippen LogP contribution in [0.25, 0.3) is 5.57 Å². The molecular formula is C15H15NO2. The third kappa shape index (κ3) is 4.61. The van der Waals surface area contributed by atoms with Crippen molar-refractivity contribution >= 4 is 11.5 Å². The van der Waals surface area contributed by atoms with Crippen molar-refractivity contribution in [3.05, 3.63) is 73.1 Å². The molecule has 0 amide bonds. The first-order valence-corrected chi connectivity index (χ1v) is 5.43. The van der Waals surface area contributed by atoms with Gasteiger partial charge < -0.3 is 4.74 Å². The van der Waals surface area contributed by atoms with Gasteiger partial charge in [0.2, 0.25) is 0 Å². The largest absolute Gasteiger partial charge is 0.465 e. The lowest BCUT2D eigenvalue weighted by molar-refractivity contribution is -0.133. The number of aromatic nitrogens is 1. The Bertz CT molecular complexity index is 454. The summed E-state index contributed by atoms with van der Waals surface area (Å²) in [5.41, 5.74) is 1.18. The summed E-state index contributed by atoms with van der Waals surface area (Å²) in [5.74, 6) is -0.388. The molecule has 0 fully saturated rings. The average molecular weight is 241 g/mol. The third-order valence-corrected chi connectivity index (χ3v) is 2.12. The minimum Gasteiger partial charge on any atom is -0.465 e. The quantitative estimate of drug-likeness (QED) is 0.599. The highest BCUT2D eigenvalue weighted by molar-refractivity contribution is 6.15. The van der Waals surface area contributed by atoms with Crippen LogP contribution in [0.15, 0.2) is 67.5 Å². The fourth-order valence-electron chi connectivity index (χ4n) is 1.19. The predicted molar refractivity (Wildman–Crippen MR) is 71.7 cm³/mol. The Morgan fingerprint density at radius 3 is 2.00 bits per heavy atom. The zero-order valence-electron chi connectivity index (χ0n) is 10.2. The second-order valence-electron chi connectivity index (χ2n) is 3.36. The Labute approximate surface area is 107 Å². The van der Waals surface area contributed by atoms with Crippen molar-refractivity contribution in [2.24, 2.45) is 0 Å². The highest BCUT2D eigenvalue weighted by atomic mass is 16.5. The lowest BCUT2D eigenvalue weighted by atomic mass is 10.1. The fourth-order valence-corrected chi connectivity index (χ4v) is 1.19. The molecule has 0 radical (unpaired) electrons. The smallest absolute Gasteiger partial charge is 0.337 e. The summed E-state index contributed by atoms with van der Waals surface area (Å²) in [4.78, 5) is 14.8. The second-order valence-corrected chi connectivity index (χ2v) is 3.36. The third-order valence-electron chi connectivity index (χ3n) is 2.12. The molecule has 18 heavy (non-hydrogen) atoms. The molecule has 1 aromatic heterocycles. The molecule has 0 aliphatic carbocycles. The van der Waals surface area contributed by atoms with E-state index in [1.807, 2.05) is 48.5 Å². The van der Waals surface area contributed by atoms with Crippen LogP contribution in [0.4, 0.5) is 0 Å². The van der Waals surface area contributed by atoms with E-state index in [4.69, 9.17) is 0 Å². The van der Waals surface area contributed by atoms with E-state index in [1.165, 1.54) is 7.11 Å². The van der Waals surface area contributed by atoms with E-state index in [0.717, 1.165) is 5.56 Å². The summed E-state index contributed by atoms with van der Waals surface area (Å²) in [6.45, 7) is 3.62. The summed E-state index contributed by atoms with van der Waals surface area (Å²) in [6, 6.07) is 14.9. The van der Waals surface area contributed by atoms with E-state index in [1.54, 1.807) is 12.4 Å². The van der Waals surface area contributed by atoms with Crippen molar-refractivity contribution < 1.29 is 9.53 Å². The van der Waals surface area contributed by atoms with Crippen LogP contribution in [0.1, 0.15) is 5.56 Å². The second kappa shape index (κ2) is 7.79. The maximum Gasteiger partial charge on any atom is 0.337 e. The van der Waals surface area contributed by atoms with Gasteiger partial charge >= 0.3 is 5.97 Å². The molecule has 92 valence electrons. The average Bonchev–Trinajstić information content (AvgIpc) is 2.49. The SMILES string of the molecule is C=C(C(=O)OC)c1ccccc1.c1ccncc1. The molecule has 0 saturated heterocycles. The molecule has 0 saturated carbocycles. The maximum atomic E-state index is 11.0. The molecule has 1 heterocycles. The van der Waals surface area contributed by atoms with Gasteiger partial charge in [-0.05, 0) is 17.7 Å². The van der Waals surface area contributed by atoms with Gasteiger partial charge in [-0.2, -0.15) is 0 Å².